The minimum absolute atomic E-state index is 0.0723. The summed E-state index contributed by atoms with van der Waals surface area (Å²) in [5, 5.41) is 11.6. The molecule has 6 nitrogen and oxygen atoms in total. The van der Waals surface area contributed by atoms with Gasteiger partial charge in [-0.25, -0.2) is 4.79 Å². The van der Waals surface area contributed by atoms with Crippen molar-refractivity contribution in [1.82, 2.24) is 10.2 Å². The first kappa shape index (κ1) is 18.7. The number of rotatable bonds is 8. The van der Waals surface area contributed by atoms with Gasteiger partial charge in [-0.2, -0.15) is 0 Å². The van der Waals surface area contributed by atoms with E-state index in [1.807, 2.05) is 30.3 Å². The normalized spacial score (nSPS) is 11.8. The van der Waals surface area contributed by atoms with Gasteiger partial charge in [0.15, 0.2) is 0 Å². The third kappa shape index (κ3) is 6.50. The molecule has 1 aromatic carbocycles. The SMILES string of the molecule is CC(=O)N(CCC(=O)N[C@H](C(=O)O)C(C)C)Cc1ccccc1. The van der Waals surface area contributed by atoms with Crippen LogP contribution in [-0.2, 0) is 20.9 Å². The van der Waals surface area contributed by atoms with E-state index in [2.05, 4.69) is 5.32 Å². The Balaban J connectivity index is 2.56. The van der Waals surface area contributed by atoms with Gasteiger partial charge >= 0.3 is 5.97 Å². The largest absolute Gasteiger partial charge is 0.480 e. The van der Waals surface area contributed by atoms with Crippen LogP contribution in [0.5, 0.6) is 0 Å². The van der Waals surface area contributed by atoms with E-state index in [1.165, 1.54) is 6.92 Å². The predicted molar refractivity (Wildman–Crippen MR) is 86.6 cm³/mol. The number of hydrogen-bond acceptors (Lipinski definition) is 3. The number of hydrogen-bond donors (Lipinski definition) is 2. The second-order valence-electron chi connectivity index (χ2n) is 5.80. The number of benzene rings is 1. The fourth-order valence-electron chi connectivity index (χ4n) is 2.15. The smallest absolute Gasteiger partial charge is 0.326 e. The molecule has 0 unspecified atom stereocenters. The molecular formula is C17H24N2O4. The summed E-state index contributed by atoms with van der Waals surface area (Å²) in [6.45, 7) is 5.60. The Labute approximate surface area is 136 Å². The summed E-state index contributed by atoms with van der Waals surface area (Å²) >= 11 is 0. The fraction of sp³-hybridized carbons (Fsp3) is 0.471. The molecule has 0 saturated carbocycles. The average Bonchev–Trinajstić information content (AvgIpc) is 2.49. The molecule has 0 aliphatic carbocycles. The van der Waals surface area contributed by atoms with Gasteiger partial charge in [-0.05, 0) is 11.5 Å². The van der Waals surface area contributed by atoms with Crippen LogP contribution in [0.1, 0.15) is 32.8 Å². The predicted octanol–water partition coefficient (Wildman–Crippen LogP) is 1.65. The van der Waals surface area contributed by atoms with E-state index in [0.717, 1.165) is 5.56 Å². The van der Waals surface area contributed by atoms with Crippen molar-refractivity contribution in [2.45, 2.75) is 39.8 Å². The molecule has 0 spiro atoms. The van der Waals surface area contributed by atoms with Crippen molar-refractivity contribution >= 4 is 17.8 Å². The molecule has 1 rings (SSSR count). The van der Waals surface area contributed by atoms with Crippen molar-refractivity contribution in [3.63, 3.8) is 0 Å². The fourth-order valence-corrected chi connectivity index (χ4v) is 2.15. The molecule has 0 bridgehead atoms. The van der Waals surface area contributed by atoms with E-state index < -0.39 is 12.0 Å². The molecule has 0 aliphatic heterocycles. The summed E-state index contributed by atoms with van der Waals surface area (Å²) in [6, 6.07) is 8.58. The molecule has 1 aromatic rings. The maximum Gasteiger partial charge on any atom is 0.326 e. The van der Waals surface area contributed by atoms with Gasteiger partial charge in [0.05, 0.1) is 0 Å². The molecule has 1 atom stereocenters. The van der Waals surface area contributed by atoms with Crippen LogP contribution < -0.4 is 5.32 Å². The van der Waals surface area contributed by atoms with Gasteiger partial charge in [-0.15, -0.1) is 0 Å². The van der Waals surface area contributed by atoms with Gasteiger partial charge < -0.3 is 15.3 Å². The molecule has 23 heavy (non-hydrogen) atoms. The number of carbonyl (C=O) groups excluding carboxylic acids is 2. The third-order valence-electron chi connectivity index (χ3n) is 3.52. The first-order valence-corrected chi connectivity index (χ1v) is 7.63. The Hall–Kier alpha value is -2.37. The van der Waals surface area contributed by atoms with Crippen molar-refractivity contribution in [1.29, 1.82) is 0 Å². The maximum absolute atomic E-state index is 11.9. The summed E-state index contributed by atoms with van der Waals surface area (Å²) < 4.78 is 0. The zero-order chi connectivity index (χ0) is 17.4. The molecule has 0 radical (unpaired) electrons. The van der Waals surface area contributed by atoms with Gasteiger partial charge in [0.1, 0.15) is 6.04 Å². The number of nitrogens with zero attached hydrogens (tertiary/aromatic N) is 1. The number of aliphatic carboxylic acids is 1. The van der Waals surface area contributed by atoms with Gasteiger partial charge in [0.25, 0.3) is 0 Å². The average molecular weight is 320 g/mol. The van der Waals surface area contributed by atoms with Crippen LogP contribution in [-0.4, -0.2) is 40.4 Å². The number of carboxylic acids is 1. The highest BCUT2D eigenvalue weighted by atomic mass is 16.4. The zero-order valence-electron chi connectivity index (χ0n) is 13.8. The second-order valence-corrected chi connectivity index (χ2v) is 5.80. The van der Waals surface area contributed by atoms with E-state index in [0.29, 0.717) is 6.54 Å². The quantitative estimate of drug-likeness (QED) is 0.762. The van der Waals surface area contributed by atoms with Gasteiger partial charge in [-0.3, -0.25) is 9.59 Å². The summed E-state index contributed by atoms with van der Waals surface area (Å²) in [4.78, 5) is 36.3. The van der Waals surface area contributed by atoms with E-state index in [-0.39, 0.29) is 30.7 Å². The van der Waals surface area contributed by atoms with Crippen LogP contribution in [0.4, 0.5) is 0 Å². The van der Waals surface area contributed by atoms with Gasteiger partial charge in [-0.1, -0.05) is 44.2 Å². The van der Waals surface area contributed by atoms with Crippen LogP contribution in [0.2, 0.25) is 0 Å². The Kier molecular flexibility index (Phi) is 7.25. The molecular weight excluding hydrogens is 296 g/mol. The molecule has 0 heterocycles. The van der Waals surface area contributed by atoms with Crippen molar-refractivity contribution in [2.75, 3.05) is 6.54 Å². The van der Waals surface area contributed by atoms with Crippen LogP contribution in [0, 0.1) is 5.92 Å². The first-order chi connectivity index (χ1) is 10.8. The van der Waals surface area contributed by atoms with Crippen LogP contribution in [0.15, 0.2) is 30.3 Å². The number of amides is 2. The minimum Gasteiger partial charge on any atom is -0.480 e. The lowest BCUT2D eigenvalue weighted by Gasteiger charge is -2.22. The lowest BCUT2D eigenvalue weighted by Crippen LogP contribution is -2.45. The molecule has 0 aliphatic rings. The van der Waals surface area contributed by atoms with E-state index in [1.54, 1.807) is 18.7 Å². The lowest BCUT2D eigenvalue weighted by atomic mass is 10.0. The van der Waals surface area contributed by atoms with Gasteiger partial charge in [0.2, 0.25) is 11.8 Å². The monoisotopic (exact) mass is 320 g/mol. The molecule has 0 fully saturated rings. The van der Waals surface area contributed by atoms with Gasteiger partial charge in [0, 0.05) is 26.4 Å². The Morgan fingerprint density at radius 2 is 1.78 bits per heavy atom. The van der Waals surface area contributed by atoms with Crippen LogP contribution in [0.3, 0.4) is 0 Å². The minimum atomic E-state index is -1.05. The number of carboxylic acid groups (broad SMARTS) is 1. The number of carbonyl (C=O) groups is 3. The van der Waals surface area contributed by atoms with Crippen molar-refractivity contribution in [2.24, 2.45) is 5.92 Å². The molecule has 126 valence electrons. The maximum atomic E-state index is 11.9. The topological polar surface area (TPSA) is 86.7 Å². The van der Waals surface area contributed by atoms with E-state index >= 15 is 0 Å². The van der Waals surface area contributed by atoms with Crippen molar-refractivity contribution in [3.05, 3.63) is 35.9 Å². The molecule has 0 saturated heterocycles. The summed E-state index contributed by atoms with van der Waals surface area (Å²) in [5.41, 5.74) is 0.980. The van der Waals surface area contributed by atoms with Crippen LogP contribution in [0.25, 0.3) is 0 Å². The summed E-state index contributed by atoms with van der Waals surface area (Å²) in [7, 11) is 0. The first-order valence-electron chi connectivity index (χ1n) is 7.63. The van der Waals surface area contributed by atoms with Crippen LogP contribution >= 0.6 is 0 Å². The zero-order valence-corrected chi connectivity index (χ0v) is 13.8. The Bertz CT molecular complexity index is 543. The molecule has 2 amide bonds. The van der Waals surface area contributed by atoms with Crippen molar-refractivity contribution < 1.29 is 19.5 Å². The summed E-state index contributed by atoms with van der Waals surface area (Å²) in [6.07, 6.45) is 0.0723. The number of nitrogens with one attached hydrogen (secondary N) is 1. The molecule has 0 aromatic heterocycles. The summed E-state index contributed by atoms with van der Waals surface area (Å²) in [5.74, 6) is -1.75. The van der Waals surface area contributed by atoms with E-state index in [9.17, 15) is 14.4 Å². The Morgan fingerprint density at radius 1 is 1.17 bits per heavy atom. The molecule has 6 heteroatoms. The Morgan fingerprint density at radius 3 is 2.26 bits per heavy atom. The standard InChI is InChI=1S/C17H24N2O4/c1-12(2)16(17(22)23)18-15(21)9-10-19(13(3)20)11-14-7-5-4-6-8-14/h4-8,12,16H,9-11H2,1-3H3,(H,18,21)(H,22,23)/t16-/m0/s1. The third-order valence-corrected chi connectivity index (χ3v) is 3.52. The second kappa shape index (κ2) is 8.92. The molecule has 2 N–H and O–H groups in total. The van der Waals surface area contributed by atoms with E-state index in [4.69, 9.17) is 5.11 Å². The highest BCUT2D eigenvalue weighted by Crippen LogP contribution is 2.06. The highest BCUT2D eigenvalue weighted by Gasteiger charge is 2.23. The highest BCUT2D eigenvalue weighted by molar-refractivity contribution is 5.84. The lowest BCUT2D eigenvalue weighted by molar-refractivity contribution is -0.143. The van der Waals surface area contributed by atoms with Crippen molar-refractivity contribution in [3.8, 4) is 0 Å².